The van der Waals surface area contributed by atoms with E-state index in [1.165, 1.54) is 0 Å². The van der Waals surface area contributed by atoms with Crippen LogP contribution in [0.4, 0.5) is 0 Å². The SMILES string of the molecule is C=CN1C=[C-]S(=O)C1. The van der Waals surface area contributed by atoms with Gasteiger partial charge in [0.25, 0.3) is 0 Å². The Labute approximate surface area is 50.9 Å². The first-order chi connectivity index (χ1) is 3.83. The van der Waals surface area contributed by atoms with Gasteiger partial charge in [-0.25, -0.2) is 0 Å². The first kappa shape index (κ1) is 5.56. The summed E-state index contributed by atoms with van der Waals surface area (Å²) in [6.07, 6.45) is 3.26. The lowest BCUT2D eigenvalue weighted by Gasteiger charge is -2.09. The summed E-state index contributed by atoms with van der Waals surface area (Å²) in [7, 11) is -0.904. The van der Waals surface area contributed by atoms with Crippen molar-refractivity contribution in [1.29, 1.82) is 0 Å². The standard InChI is InChI=1S/C5H6NOS/c1-2-6-3-4-8(7)5-6/h2-3H,1,5H2/q-1. The van der Waals surface area contributed by atoms with Gasteiger partial charge in [0.15, 0.2) is 0 Å². The van der Waals surface area contributed by atoms with Crippen LogP contribution in [-0.2, 0) is 10.8 Å². The van der Waals surface area contributed by atoms with Crippen LogP contribution in [-0.4, -0.2) is 15.0 Å². The summed E-state index contributed by atoms with van der Waals surface area (Å²) in [6.45, 7) is 3.50. The Bertz CT molecular complexity index is 153. The maximum atomic E-state index is 10.5. The van der Waals surface area contributed by atoms with Gasteiger partial charge in [-0.2, -0.15) is 6.20 Å². The van der Waals surface area contributed by atoms with Gasteiger partial charge in [-0.05, 0) is 6.20 Å². The van der Waals surface area contributed by atoms with E-state index in [-0.39, 0.29) is 0 Å². The van der Waals surface area contributed by atoms with Crippen LogP contribution in [0.2, 0.25) is 0 Å². The Kier molecular flexibility index (Phi) is 1.48. The van der Waals surface area contributed by atoms with Crippen molar-refractivity contribution in [2.24, 2.45) is 0 Å². The number of hydrogen-bond donors (Lipinski definition) is 0. The summed E-state index contributed by atoms with van der Waals surface area (Å²) in [5.74, 6) is 0.517. The predicted molar refractivity (Wildman–Crippen MR) is 32.9 cm³/mol. The maximum absolute atomic E-state index is 10.5. The van der Waals surface area contributed by atoms with Crippen molar-refractivity contribution in [3.63, 3.8) is 0 Å². The molecule has 0 fully saturated rings. The normalized spacial score (nSPS) is 26.5. The molecule has 0 saturated heterocycles. The molecule has 2 nitrogen and oxygen atoms in total. The van der Waals surface area contributed by atoms with Crippen LogP contribution >= 0.6 is 0 Å². The van der Waals surface area contributed by atoms with Crippen LogP contribution in [0.1, 0.15) is 0 Å². The molecule has 0 amide bonds. The summed E-state index contributed by atoms with van der Waals surface area (Å²) >= 11 is 0. The summed E-state index contributed by atoms with van der Waals surface area (Å²) in [4.78, 5) is 1.73. The molecule has 0 aromatic heterocycles. The molecule has 3 heteroatoms. The molecule has 1 atom stereocenters. The Balaban J connectivity index is 2.58. The van der Waals surface area contributed by atoms with Crippen LogP contribution in [0, 0.1) is 5.41 Å². The lowest BCUT2D eigenvalue weighted by molar-refractivity contribution is 0.600. The zero-order valence-corrected chi connectivity index (χ0v) is 5.15. The summed E-state index contributed by atoms with van der Waals surface area (Å²) < 4.78 is 10.5. The van der Waals surface area contributed by atoms with Crippen LogP contribution in [0.3, 0.4) is 0 Å². The summed E-state index contributed by atoms with van der Waals surface area (Å²) in [6, 6.07) is 0. The minimum absolute atomic E-state index is 0.517. The highest BCUT2D eigenvalue weighted by atomic mass is 32.2. The molecule has 1 aliphatic heterocycles. The molecule has 0 N–H and O–H groups in total. The molecular formula is C5H6NOS-. The average Bonchev–Trinajstić information content (AvgIpc) is 2.14. The molecule has 0 saturated carbocycles. The van der Waals surface area contributed by atoms with E-state index in [0.29, 0.717) is 5.88 Å². The summed E-state index contributed by atoms with van der Waals surface area (Å²) in [5, 5.41) is 2.62. The third kappa shape index (κ3) is 0.980. The van der Waals surface area contributed by atoms with Gasteiger partial charge in [0.2, 0.25) is 0 Å². The number of rotatable bonds is 1. The van der Waals surface area contributed by atoms with Gasteiger partial charge in [0.1, 0.15) is 0 Å². The zero-order valence-electron chi connectivity index (χ0n) is 4.33. The minimum atomic E-state index is -0.904. The van der Waals surface area contributed by atoms with E-state index in [9.17, 15) is 4.21 Å². The Morgan fingerprint density at radius 1 is 2.00 bits per heavy atom. The van der Waals surface area contributed by atoms with Crippen molar-refractivity contribution < 1.29 is 4.21 Å². The lowest BCUT2D eigenvalue weighted by atomic mass is 10.8. The van der Waals surface area contributed by atoms with E-state index in [4.69, 9.17) is 0 Å². The second-order valence-corrected chi connectivity index (χ2v) is 2.60. The lowest BCUT2D eigenvalue weighted by Crippen LogP contribution is -2.06. The molecule has 0 bridgehead atoms. The summed E-state index contributed by atoms with van der Waals surface area (Å²) in [5.41, 5.74) is 0. The van der Waals surface area contributed by atoms with Crippen LogP contribution < -0.4 is 0 Å². The molecule has 0 aliphatic carbocycles. The van der Waals surface area contributed by atoms with Crippen LogP contribution in [0.25, 0.3) is 0 Å². The van der Waals surface area contributed by atoms with E-state index < -0.39 is 10.8 Å². The first-order valence-electron chi connectivity index (χ1n) is 2.19. The van der Waals surface area contributed by atoms with Crippen molar-refractivity contribution in [2.45, 2.75) is 0 Å². The topological polar surface area (TPSA) is 20.3 Å². The van der Waals surface area contributed by atoms with E-state index in [0.717, 1.165) is 0 Å². The van der Waals surface area contributed by atoms with Crippen LogP contribution in [0.5, 0.6) is 0 Å². The predicted octanol–water partition coefficient (Wildman–Crippen LogP) is 0.426. The molecule has 1 rings (SSSR count). The van der Waals surface area contributed by atoms with Crippen molar-refractivity contribution in [1.82, 2.24) is 4.90 Å². The van der Waals surface area contributed by atoms with E-state index in [1.807, 2.05) is 0 Å². The van der Waals surface area contributed by atoms with E-state index in [2.05, 4.69) is 12.0 Å². The van der Waals surface area contributed by atoms with Crippen LogP contribution in [0.15, 0.2) is 19.0 Å². The number of nitrogens with zero attached hydrogens (tertiary/aromatic N) is 1. The molecule has 1 aliphatic rings. The molecule has 1 unspecified atom stereocenters. The third-order valence-electron chi connectivity index (χ3n) is 0.851. The molecule has 1 heterocycles. The smallest absolute Gasteiger partial charge is 0.0653 e. The molecular weight excluding hydrogens is 122 g/mol. The Hall–Kier alpha value is -0.570. The van der Waals surface area contributed by atoms with Gasteiger partial charge in [-0.15, -0.1) is 10.8 Å². The van der Waals surface area contributed by atoms with Gasteiger partial charge >= 0.3 is 0 Å². The van der Waals surface area contributed by atoms with Crippen molar-refractivity contribution in [2.75, 3.05) is 5.88 Å². The molecule has 0 aromatic carbocycles. The quantitative estimate of drug-likeness (QED) is 0.477. The molecule has 0 spiro atoms. The highest BCUT2D eigenvalue weighted by Gasteiger charge is 1.92. The fraction of sp³-hybridized carbons (Fsp3) is 0.200. The van der Waals surface area contributed by atoms with Crippen molar-refractivity contribution in [3.05, 3.63) is 24.4 Å². The monoisotopic (exact) mass is 128 g/mol. The molecule has 44 valence electrons. The van der Waals surface area contributed by atoms with Gasteiger partial charge in [0, 0.05) is 0 Å². The second-order valence-electron chi connectivity index (χ2n) is 1.42. The minimum Gasteiger partial charge on any atom is -0.379 e. The first-order valence-corrected chi connectivity index (χ1v) is 3.51. The number of hydrogen-bond acceptors (Lipinski definition) is 2. The fourth-order valence-corrected chi connectivity index (χ4v) is 1.22. The van der Waals surface area contributed by atoms with Gasteiger partial charge in [0.05, 0.1) is 5.88 Å². The fourth-order valence-electron chi connectivity index (χ4n) is 0.442. The van der Waals surface area contributed by atoms with Gasteiger partial charge in [-0.1, -0.05) is 6.58 Å². The molecule has 0 radical (unpaired) electrons. The zero-order chi connectivity index (χ0) is 5.98. The van der Waals surface area contributed by atoms with Crippen molar-refractivity contribution in [3.8, 4) is 0 Å². The average molecular weight is 128 g/mol. The van der Waals surface area contributed by atoms with Crippen molar-refractivity contribution >= 4 is 10.8 Å². The highest BCUT2D eigenvalue weighted by Crippen LogP contribution is 2.01. The Morgan fingerprint density at radius 3 is 3.00 bits per heavy atom. The van der Waals surface area contributed by atoms with E-state index in [1.54, 1.807) is 17.3 Å². The van der Waals surface area contributed by atoms with E-state index >= 15 is 0 Å². The largest absolute Gasteiger partial charge is 0.379 e. The van der Waals surface area contributed by atoms with Gasteiger partial charge in [-0.3, -0.25) is 4.21 Å². The highest BCUT2D eigenvalue weighted by molar-refractivity contribution is 7.86. The van der Waals surface area contributed by atoms with Gasteiger partial charge < -0.3 is 10.3 Å². The second kappa shape index (κ2) is 2.13. The Morgan fingerprint density at radius 2 is 2.75 bits per heavy atom. The molecule has 0 aromatic rings. The third-order valence-corrected chi connectivity index (χ3v) is 1.75. The molecule has 8 heavy (non-hydrogen) atoms. The maximum Gasteiger partial charge on any atom is 0.0653 e.